The first kappa shape index (κ1) is 15.2. The fourth-order valence-electron chi connectivity index (χ4n) is 2.81. The number of hydrogen-bond donors (Lipinski definition) is 0. The van der Waals surface area contributed by atoms with E-state index < -0.39 is 0 Å². The SMILES string of the molecule is Cc1ccc(-c2cc(-c3ccccn3)ncc2-c2ccccn2)cc1. The molecule has 4 rings (SSSR count). The molecule has 1 aromatic carbocycles. The third-order valence-corrected chi connectivity index (χ3v) is 4.13. The molecule has 0 N–H and O–H groups in total. The van der Waals surface area contributed by atoms with E-state index in [2.05, 4.69) is 52.2 Å². The van der Waals surface area contributed by atoms with Crippen LogP contribution in [0.25, 0.3) is 33.8 Å². The fourth-order valence-corrected chi connectivity index (χ4v) is 2.81. The Balaban J connectivity index is 1.91. The summed E-state index contributed by atoms with van der Waals surface area (Å²) in [5, 5.41) is 0. The van der Waals surface area contributed by atoms with Gasteiger partial charge in [-0.05, 0) is 48.4 Å². The molecule has 0 aliphatic rings. The van der Waals surface area contributed by atoms with Gasteiger partial charge in [0.05, 0.1) is 17.1 Å². The summed E-state index contributed by atoms with van der Waals surface area (Å²) in [7, 11) is 0. The number of nitrogens with zero attached hydrogens (tertiary/aromatic N) is 3. The molecule has 3 heteroatoms. The van der Waals surface area contributed by atoms with E-state index in [4.69, 9.17) is 0 Å². The minimum absolute atomic E-state index is 0.857. The van der Waals surface area contributed by atoms with Crippen LogP contribution in [-0.4, -0.2) is 15.0 Å². The van der Waals surface area contributed by atoms with Gasteiger partial charge in [-0.3, -0.25) is 15.0 Å². The van der Waals surface area contributed by atoms with E-state index in [1.54, 1.807) is 12.4 Å². The van der Waals surface area contributed by atoms with E-state index in [1.807, 2.05) is 42.6 Å². The van der Waals surface area contributed by atoms with Crippen LogP contribution in [0, 0.1) is 6.92 Å². The first-order valence-corrected chi connectivity index (χ1v) is 8.21. The van der Waals surface area contributed by atoms with E-state index in [1.165, 1.54) is 5.56 Å². The molecule has 0 bridgehead atoms. The van der Waals surface area contributed by atoms with Crippen LogP contribution < -0.4 is 0 Å². The predicted octanol–water partition coefficient (Wildman–Crippen LogP) is 5.18. The highest BCUT2D eigenvalue weighted by Crippen LogP contribution is 2.33. The van der Waals surface area contributed by atoms with Crippen LogP contribution in [0.2, 0.25) is 0 Å². The van der Waals surface area contributed by atoms with E-state index in [0.717, 1.165) is 33.8 Å². The third kappa shape index (κ3) is 3.17. The Morgan fingerprint density at radius 2 is 1.28 bits per heavy atom. The van der Waals surface area contributed by atoms with Crippen molar-refractivity contribution < 1.29 is 0 Å². The quantitative estimate of drug-likeness (QED) is 0.521. The largest absolute Gasteiger partial charge is 0.256 e. The van der Waals surface area contributed by atoms with Crippen LogP contribution in [0.15, 0.2) is 85.3 Å². The molecule has 0 radical (unpaired) electrons. The molecule has 0 fully saturated rings. The highest BCUT2D eigenvalue weighted by molar-refractivity contribution is 5.83. The summed E-state index contributed by atoms with van der Waals surface area (Å²) in [5.41, 5.74) is 7.14. The number of hydrogen-bond acceptors (Lipinski definition) is 3. The van der Waals surface area contributed by atoms with E-state index in [-0.39, 0.29) is 0 Å². The van der Waals surface area contributed by atoms with Crippen molar-refractivity contribution in [2.75, 3.05) is 0 Å². The maximum atomic E-state index is 4.63. The molecule has 0 aliphatic carbocycles. The molecule has 3 nitrogen and oxygen atoms in total. The summed E-state index contributed by atoms with van der Waals surface area (Å²) >= 11 is 0. The minimum atomic E-state index is 0.857. The lowest BCUT2D eigenvalue weighted by molar-refractivity contribution is 1.24. The summed E-state index contributed by atoms with van der Waals surface area (Å²) in [6.07, 6.45) is 5.48. The average molecular weight is 323 g/mol. The van der Waals surface area contributed by atoms with Gasteiger partial charge in [-0.1, -0.05) is 42.0 Å². The van der Waals surface area contributed by atoms with Crippen LogP contribution >= 0.6 is 0 Å². The van der Waals surface area contributed by atoms with Crippen molar-refractivity contribution in [2.45, 2.75) is 6.92 Å². The van der Waals surface area contributed by atoms with Gasteiger partial charge >= 0.3 is 0 Å². The zero-order valence-electron chi connectivity index (χ0n) is 13.9. The van der Waals surface area contributed by atoms with Gasteiger partial charge in [-0.25, -0.2) is 0 Å². The van der Waals surface area contributed by atoms with Gasteiger partial charge in [-0.15, -0.1) is 0 Å². The molecule has 120 valence electrons. The second kappa shape index (κ2) is 6.65. The smallest absolute Gasteiger partial charge is 0.0892 e. The number of pyridine rings is 3. The molecular weight excluding hydrogens is 306 g/mol. The van der Waals surface area contributed by atoms with Gasteiger partial charge in [0.2, 0.25) is 0 Å². The molecule has 4 aromatic rings. The van der Waals surface area contributed by atoms with Crippen molar-refractivity contribution in [1.82, 2.24) is 15.0 Å². The lowest BCUT2D eigenvalue weighted by Gasteiger charge is -2.11. The lowest BCUT2D eigenvalue weighted by Crippen LogP contribution is -1.93. The molecule has 25 heavy (non-hydrogen) atoms. The van der Waals surface area contributed by atoms with Crippen LogP contribution in [0.4, 0.5) is 0 Å². The van der Waals surface area contributed by atoms with E-state index >= 15 is 0 Å². The lowest BCUT2D eigenvalue weighted by atomic mass is 9.97. The Labute approximate surface area is 147 Å². The number of rotatable bonds is 3. The Morgan fingerprint density at radius 3 is 1.92 bits per heavy atom. The number of aromatic nitrogens is 3. The molecule has 3 heterocycles. The first-order valence-electron chi connectivity index (χ1n) is 8.21. The summed E-state index contributed by atoms with van der Waals surface area (Å²) in [6.45, 7) is 2.09. The van der Waals surface area contributed by atoms with Crippen LogP contribution in [0.5, 0.6) is 0 Å². The Hall–Kier alpha value is -3.33. The molecule has 0 saturated heterocycles. The third-order valence-electron chi connectivity index (χ3n) is 4.13. The normalized spacial score (nSPS) is 10.6. The summed E-state index contributed by atoms with van der Waals surface area (Å²) in [4.78, 5) is 13.5. The van der Waals surface area contributed by atoms with Gasteiger partial charge in [-0.2, -0.15) is 0 Å². The Bertz CT molecular complexity index is 979. The van der Waals surface area contributed by atoms with Crippen molar-refractivity contribution in [3.05, 3.63) is 90.9 Å². The topological polar surface area (TPSA) is 38.7 Å². The Kier molecular flexibility index (Phi) is 4.05. The summed E-state index contributed by atoms with van der Waals surface area (Å²) in [5.74, 6) is 0. The maximum Gasteiger partial charge on any atom is 0.0892 e. The minimum Gasteiger partial charge on any atom is -0.256 e. The second-order valence-corrected chi connectivity index (χ2v) is 5.91. The van der Waals surface area contributed by atoms with Crippen LogP contribution in [0.1, 0.15) is 5.56 Å². The number of benzene rings is 1. The van der Waals surface area contributed by atoms with Gasteiger partial charge < -0.3 is 0 Å². The summed E-state index contributed by atoms with van der Waals surface area (Å²) < 4.78 is 0. The maximum absolute atomic E-state index is 4.63. The molecule has 0 aliphatic heterocycles. The molecular formula is C22H17N3. The fraction of sp³-hybridized carbons (Fsp3) is 0.0455. The van der Waals surface area contributed by atoms with Crippen molar-refractivity contribution in [3.63, 3.8) is 0 Å². The highest BCUT2D eigenvalue weighted by Gasteiger charge is 2.12. The first-order chi connectivity index (χ1) is 12.3. The van der Waals surface area contributed by atoms with Crippen molar-refractivity contribution >= 4 is 0 Å². The molecule has 3 aromatic heterocycles. The van der Waals surface area contributed by atoms with E-state index in [0.29, 0.717) is 0 Å². The molecule has 0 saturated carbocycles. The Morgan fingerprint density at radius 1 is 0.600 bits per heavy atom. The van der Waals surface area contributed by atoms with Crippen molar-refractivity contribution in [1.29, 1.82) is 0 Å². The predicted molar refractivity (Wildman–Crippen MR) is 101 cm³/mol. The number of aryl methyl sites for hydroxylation is 1. The van der Waals surface area contributed by atoms with Crippen molar-refractivity contribution in [3.8, 4) is 33.8 Å². The van der Waals surface area contributed by atoms with E-state index in [9.17, 15) is 0 Å². The van der Waals surface area contributed by atoms with Gasteiger partial charge in [0.15, 0.2) is 0 Å². The summed E-state index contributed by atoms with van der Waals surface area (Å²) in [6, 6.07) is 22.4. The molecule has 0 atom stereocenters. The van der Waals surface area contributed by atoms with Gasteiger partial charge in [0.25, 0.3) is 0 Å². The average Bonchev–Trinajstić information content (AvgIpc) is 2.69. The van der Waals surface area contributed by atoms with Crippen molar-refractivity contribution in [2.24, 2.45) is 0 Å². The molecule has 0 amide bonds. The highest BCUT2D eigenvalue weighted by atomic mass is 14.8. The van der Waals surface area contributed by atoms with Crippen LogP contribution in [0.3, 0.4) is 0 Å². The zero-order valence-corrected chi connectivity index (χ0v) is 13.9. The standard InChI is InChI=1S/C22H17N3/c1-16-8-10-17(11-9-16)18-14-22(21-7-3-5-13-24-21)25-15-19(18)20-6-2-4-12-23-20/h2-15H,1H3. The van der Waals surface area contributed by atoms with Crippen LogP contribution in [-0.2, 0) is 0 Å². The second-order valence-electron chi connectivity index (χ2n) is 5.91. The van der Waals surface area contributed by atoms with Gasteiger partial charge in [0.1, 0.15) is 0 Å². The van der Waals surface area contributed by atoms with Gasteiger partial charge in [0, 0.05) is 24.2 Å². The monoisotopic (exact) mass is 323 g/mol. The zero-order chi connectivity index (χ0) is 17.1. The molecule has 0 spiro atoms. The molecule has 0 unspecified atom stereocenters.